The van der Waals surface area contributed by atoms with Crippen LogP contribution in [-0.4, -0.2) is 10.9 Å². The number of anilines is 1. The molecule has 1 aromatic carbocycles. The summed E-state index contributed by atoms with van der Waals surface area (Å²) in [7, 11) is 0. The van der Waals surface area contributed by atoms with E-state index in [9.17, 15) is 4.79 Å². The molecule has 0 spiro atoms. The first-order chi connectivity index (χ1) is 12.6. The Kier molecular flexibility index (Phi) is 3.38. The monoisotopic (exact) mass is 377 g/mol. The Labute approximate surface area is 158 Å². The van der Waals surface area contributed by atoms with E-state index in [0.29, 0.717) is 10.6 Å². The summed E-state index contributed by atoms with van der Waals surface area (Å²) >= 11 is 2.96. The molecule has 4 aromatic rings. The first kappa shape index (κ1) is 15.5. The average Bonchev–Trinajstić information content (AvgIpc) is 3.28. The highest BCUT2D eigenvalue weighted by Crippen LogP contribution is 2.47. The molecule has 3 aromatic heterocycles. The number of carbonyl (C=O) groups excluding carboxylic acids is 1. The molecule has 5 rings (SSSR count). The van der Waals surface area contributed by atoms with Gasteiger partial charge in [-0.25, -0.2) is 4.98 Å². The van der Waals surface area contributed by atoms with Crippen molar-refractivity contribution in [3.63, 3.8) is 0 Å². The van der Waals surface area contributed by atoms with E-state index in [-0.39, 0.29) is 0 Å². The Balaban J connectivity index is 1.95. The molecule has 0 bridgehead atoms. The minimum atomic E-state index is -0.499. The van der Waals surface area contributed by atoms with Gasteiger partial charge in [0.15, 0.2) is 0 Å². The molecular formula is C20H15N3OS2. The standard InChI is InChI=1S/C20H15N3OS2/c21-16-15-14(13-6-3-9-25-13)12-8-7-10-4-1-2-5-11(10)17(12)23-20(15)26-18(16)19(22)24/h1-6,9H,7-8,21H2,(H2,22,24). The Morgan fingerprint density at radius 2 is 1.96 bits per heavy atom. The zero-order chi connectivity index (χ0) is 17.8. The maximum Gasteiger partial charge on any atom is 0.260 e. The second-order valence-corrected chi connectivity index (χ2v) is 8.28. The van der Waals surface area contributed by atoms with Crippen LogP contribution in [0.5, 0.6) is 0 Å². The number of nitrogens with zero attached hydrogens (tertiary/aromatic N) is 1. The third-order valence-corrected chi connectivity index (χ3v) is 6.89. The number of hydrogen-bond donors (Lipinski definition) is 2. The van der Waals surface area contributed by atoms with Crippen LogP contribution in [0.1, 0.15) is 20.8 Å². The van der Waals surface area contributed by atoms with Gasteiger partial charge in [0.1, 0.15) is 9.71 Å². The number of nitrogens with two attached hydrogens (primary N) is 2. The van der Waals surface area contributed by atoms with Gasteiger partial charge in [-0.15, -0.1) is 22.7 Å². The van der Waals surface area contributed by atoms with Crippen LogP contribution in [0.15, 0.2) is 41.8 Å². The van der Waals surface area contributed by atoms with Gasteiger partial charge in [-0.3, -0.25) is 4.79 Å². The van der Waals surface area contributed by atoms with Crippen LogP contribution < -0.4 is 11.5 Å². The molecule has 4 nitrogen and oxygen atoms in total. The van der Waals surface area contributed by atoms with Gasteiger partial charge in [-0.05, 0) is 35.4 Å². The third kappa shape index (κ3) is 2.12. The van der Waals surface area contributed by atoms with Crippen molar-refractivity contribution >= 4 is 44.5 Å². The Morgan fingerprint density at radius 1 is 1.12 bits per heavy atom. The Bertz CT molecular complexity index is 1180. The smallest absolute Gasteiger partial charge is 0.260 e. The molecule has 26 heavy (non-hydrogen) atoms. The van der Waals surface area contributed by atoms with Crippen LogP contribution in [0.2, 0.25) is 0 Å². The summed E-state index contributed by atoms with van der Waals surface area (Å²) in [6.45, 7) is 0. The predicted octanol–water partition coefficient (Wildman–Crippen LogP) is 4.47. The second kappa shape index (κ2) is 5.65. The lowest BCUT2D eigenvalue weighted by Gasteiger charge is -2.22. The number of aryl methyl sites for hydroxylation is 1. The summed E-state index contributed by atoms with van der Waals surface area (Å²) < 4.78 is 0. The maximum atomic E-state index is 11.8. The predicted molar refractivity (Wildman–Crippen MR) is 109 cm³/mol. The van der Waals surface area contributed by atoms with Gasteiger partial charge in [0.05, 0.1) is 11.4 Å². The molecule has 0 atom stereocenters. The summed E-state index contributed by atoms with van der Waals surface area (Å²) in [5, 5.41) is 2.92. The topological polar surface area (TPSA) is 82.0 Å². The fourth-order valence-corrected chi connectivity index (χ4v) is 5.52. The second-order valence-electron chi connectivity index (χ2n) is 6.34. The number of amides is 1. The lowest BCUT2D eigenvalue weighted by atomic mass is 9.85. The largest absolute Gasteiger partial charge is 0.397 e. The molecule has 3 heterocycles. The molecule has 4 N–H and O–H groups in total. The van der Waals surface area contributed by atoms with Crippen LogP contribution in [0.4, 0.5) is 5.69 Å². The molecule has 0 saturated heterocycles. The van der Waals surface area contributed by atoms with Gasteiger partial charge in [0.25, 0.3) is 5.91 Å². The number of carbonyl (C=O) groups is 1. The van der Waals surface area contributed by atoms with Gasteiger partial charge in [-0.2, -0.15) is 0 Å². The number of aromatic nitrogens is 1. The number of primary amides is 1. The van der Waals surface area contributed by atoms with Crippen molar-refractivity contribution in [2.24, 2.45) is 5.73 Å². The van der Waals surface area contributed by atoms with Crippen molar-refractivity contribution < 1.29 is 4.79 Å². The van der Waals surface area contributed by atoms with Crippen molar-refractivity contribution in [1.82, 2.24) is 4.98 Å². The molecule has 1 amide bonds. The number of benzene rings is 1. The molecule has 0 fully saturated rings. The first-order valence-electron chi connectivity index (χ1n) is 8.32. The van der Waals surface area contributed by atoms with E-state index in [1.54, 1.807) is 11.3 Å². The van der Waals surface area contributed by atoms with E-state index in [0.717, 1.165) is 39.2 Å². The lowest BCUT2D eigenvalue weighted by molar-refractivity contribution is 0.100. The van der Waals surface area contributed by atoms with E-state index in [2.05, 4.69) is 29.6 Å². The van der Waals surface area contributed by atoms with Crippen LogP contribution in [0.25, 0.3) is 31.9 Å². The van der Waals surface area contributed by atoms with Crippen LogP contribution in [0.3, 0.4) is 0 Å². The molecule has 0 radical (unpaired) electrons. The van der Waals surface area contributed by atoms with E-state index in [1.807, 2.05) is 12.1 Å². The van der Waals surface area contributed by atoms with Crippen LogP contribution in [0, 0.1) is 0 Å². The quantitative estimate of drug-likeness (QED) is 0.541. The van der Waals surface area contributed by atoms with Crippen molar-refractivity contribution in [3.8, 4) is 21.7 Å². The number of hydrogen-bond acceptors (Lipinski definition) is 5. The summed E-state index contributed by atoms with van der Waals surface area (Å²) in [5.41, 5.74) is 18.1. The zero-order valence-corrected chi connectivity index (χ0v) is 15.4. The molecule has 128 valence electrons. The van der Waals surface area contributed by atoms with E-state index in [1.165, 1.54) is 28.0 Å². The molecule has 1 aliphatic rings. The summed E-state index contributed by atoms with van der Waals surface area (Å²) in [5.74, 6) is -0.499. The molecule has 0 aliphatic heterocycles. The number of rotatable bonds is 2. The fourth-order valence-electron chi connectivity index (χ4n) is 3.76. The fraction of sp³-hybridized carbons (Fsp3) is 0.100. The van der Waals surface area contributed by atoms with E-state index >= 15 is 0 Å². The Morgan fingerprint density at radius 3 is 2.73 bits per heavy atom. The maximum absolute atomic E-state index is 11.8. The van der Waals surface area contributed by atoms with Gasteiger partial charge < -0.3 is 11.5 Å². The summed E-state index contributed by atoms with van der Waals surface area (Å²) in [6.07, 6.45) is 1.88. The highest BCUT2D eigenvalue weighted by Gasteiger charge is 2.27. The molecule has 0 saturated carbocycles. The number of fused-ring (bicyclic) bond motifs is 4. The zero-order valence-electron chi connectivity index (χ0n) is 13.8. The number of thiophene rings is 2. The van der Waals surface area contributed by atoms with E-state index < -0.39 is 5.91 Å². The SMILES string of the molecule is NC(=O)c1sc2nc3c(c(-c4cccs4)c2c1N)CCc1ccccc1-3. The molecule has 6 heteroatoms. The van der Waals surface area contributed by atoms with Gasteiger partial charge >= 0.3 is 0 Å². The molecular weight excluding hydrogens is 362 g/mol. The Hall–Kier alpha value is -2.70. The van der Waals surface area contributed by atoms with Gasteiger partial charge in [0.2, 0.25) is 0 Å². The van der Waals surface area contributed by atoms with Gasteiger partial charge in [-0.1, -0.05) is 30.3 Å². The normalized spacial score (nSPS) is 12.8. The molecule has 0 unspecified atom stereocenters. The first-order valence-corrected chi connectivity index (χ1v) is 10.0. The molecule has 1 aliphatic carbocycles. The van der Waals surface area contributed by atoms with E-state index in [4.69, 9.17) is 16.5 Å². The number of pyridine rings is 1. The summed E-state index contributed by atoms with van der Waals surface area (Å²) in [6, 6.07) is 12.5. The minimum Gasteiger partial charge on any atom is -0.397 e. The number of nitrogen functional groups attached to an aromatic ring is 1. The third-order valence-electron chi connectivity index (χ3n) is 4.89. The average molecular weight is 377 g/mol. The van der Waals surface area contributed by atoms with Crippen molar-refractivity contribution in [1.29, 1.82) is 0 Å². The van der Waals surface area contributed by atoms with Gasteiger partial charge in [0, 0.05) is 21.4 Å². The lowest BCUT2D eigenvalue weighted by Crippen LogP contribution is -2.11. The highest BCUT2D eigenvalue weighted by atomic mass is 32.1. The highest BCUT2D eigenvalue weighted by molar-refractivity contribution is 7.21. The van der Waals surface area contributed by atoms with Crippen molar-refractivity contribution in [2.75, 3.05) is 5.73 Å². The van der Waals surface area contributed by atoms with Crippen molar-refractivity contribution in [2.45, 2.75) is 12.8 Å². The van der Waals surface area contributed by atoms with Crippen molar-refractivity contribution in [3.05, 3.63) is 57.8 Å². The summed E-state index contributed by atoms with van der Waals surface area (Å²) in [4.78, 5) is 19.1. The van der Waals surface area contributed by atoms with Crippen LogP contribution >= 0.6 is 22.7 Å². The minimum absolute atomic E-state index is 0.390. The van der Waals surface area contributed by atoms with Crippen LogP contribution in [-0.2, 0) is 12.8 Å².